The van der Waals surface area contributed by atoms with Crippen LogP contribution < -0.4 is 5.32 Å². The van der Waals surface area contributed by atoms with Gasteiger partial charge in [-0.15, -0.1) is 0 Å². The maximum absolute atomic E-state index is 11.3. The van der Waals surface area contributed by atoms with Gasteiger partial charge < -0.3 is 20.4 Å². The van der Waals surface area contributed by atoms with Crippen LogP contribution in [0.1, 0.15) is 6.92 Å². The van der Waals surface area contributed by atoms with Gasteiger partial charge in [-0.3, -0.25) is 4.79 Å². The van der Waals surface area contributed by atoms with Crippen molar-refractivity contribution >= 4 is 12.0 Å². The fourth-order valence-electron chi connectivity index (χ4n) is 1.38. The van der Waals surface area contributed by atoms with Crippen molar-refractivity contribution in [3.63, 3.8) is 0 Å². The van der Waals surface area contributed by atoms with E-state index in [-0.39, 0.29) is 19.0 Å². The molecule has 3 N–H and O–H groups in total. The molecule has 0 aromatic rings. The third-order valence-corrected chi connectivity index (χ3v) is 2.25. The zero-order valence-corrected chi connectivity index (χ0v) is 7.93. The van der Waals surface area contributed by atoms with Crippen LogP contribution in [0.2, 0.25) is 0 Å². The number of rotatable bonds is 2. The predicted octanol–water partition coefficient (Wildman–Crippen LogP) is -0.907. The van der Waals surface area contributed by atoms with Gasteiger partial charge in [-0.2, -0.15) is 0 Å². The van der Waals surface area contributed by atoms with E-state index >= 15 is 0 Å². The highest BCUT2D eigenvalue weighted by Gasteiger charge is 2.30. The molecule has 2 unspecified atom stereocenters. The van der Waals surface area contributed by atoms with E-state index in [0.29, 0.717) is 6.54 Å². The first kappa shape index (κ1) is 10.8. The van der Waals surface area contributed by atoms with Crippen molar-refractivity contribution in [2.45, 2.75) is 13.0 Å². The van der Waals surface area contributed by atoms with E-state index in [9.17, 15) is 14.7 Å². The van der Waals surface area contributed by atoms with Crippen molar-refractivity contribution < 1.29 is 19.8 Å². The summed E-state index contributed by atoms with van der Waals surface area (Å²) in [6, 6.07) is -0.434. The van der Waals surface area contributed by atoms with Gasteiger partial charge in [0, 0.05) is 19.0 Å². The average Bonchev–Trinajstić information content (AvgIpc) is 2.43. The van der Waals surface area contributed by atoms with Crippen LogP contribution >= 0.6 is 0 Å². The monoisotopic (exact) mass is 202 g/mol. The lowest BCUT2D eigenvalue weighted by molar-refractivity contribution is -0.135. The van der Waals surface area contributed by atoms with Gasteiger partial charge in [0.2, 0.25) is 0 Å². The number of carboxylic acid groups (broad SMARTS) is 1. The molecule has 1 aliphatic heterocycles. The van der Waals surface area contributed by atoms with Crippen LogP contribution in [0.15, 0.2) is 0 Å². The zero-order valence-electron chi connectivity index (χ0n) is 7.93. The summed E-state index contributed by atoms with van der Waals surface area (Å²) in [5, 5.41) is 19.9. The third-order valence-electron chi connectivity index (χ3n) is 2.25. The summed E-state index contributed by atoms with van der Waals surface area (Å²) in [4.78, 5) is 22.9. The molecule has 80 valence electrons. The minimum Gasteiger partial charge on any atom is -0.480 e. The first-order valence-corrected chi connectivity index (χ1v) is 4.43. The van der Waals surface area contributed by atoms with Crippen molar-refractivity contribution in [2.75, 3.05) is 19.6 Å². The van der Waals surface area contributed by atoms with Crippen LogP contribution in [0.3, 0.4) is 0 Å². The molecule has 1 rings (SSSR count). The van der Waals surface area contributed by atoms with E-state index in [1.165, 1.54) is 4.90 Å². The number of aliphatic hydroxyl groups excluding tert-OH is 1. The lowest BCUT2D eigenvalue weighted by Crippen LogP contribution is -2.41. The van der Waals surface area contributed by atoms with E-state index in [0.717, 1.165) is 0 Å². The molecule has 0 aromatic carbocycles. The first-order valence-electron chi connectivity index (χ1n) is 4.43. The van der Waals surface area contributed by atoms with Crippen molar-refractivity contribution in [3.8, 4) is 0 Å². The Bertz CT molecular complexity index is 233. The Morgan fingerprint density at radius 3 is 2.57 bits per heavy atom. The van der Waals surface area contributed by atoms with E-state index in [4.69, 9.17) is 5.11 Å². The van der Waals surface area contributed by atoms with Crippen LogP contribution in [-0.2, 0) is 4.79 Å². The molecule has 6 heteroatoms. The molecule has 1 heterocycles. The molecule has 1 fully saturated rings. The third kappa shape index (κ3) is 2.59. The molecular weight excluding hydrogens is 188 g/mol. The lowest BCUT2D eigenvalue weighted by atomic mass is 10.1. The molecule has 6 nitrogen and oxygen atoms in total. The number of amides is 2. The van der Waals surface area contributed by atoms with Crippen LogP contribution in [0, 0.1) is 5.92 Å². The number of nitrogens with one attached hydrogen (secondary N) is 1. The Hall–Kier alpha value is -1.30. The number of likely N-dealkylation sites (tertiary alicyclic amines) is 1. The highest BCUT2D eigenvalue weighted by atomic mass is 16.4. The Balaban J connectivity index is 2.36. The summed E-state index contributed by atoms with van der Waals surface area (Å²) >= 11 is 0. The number of hydrogen-bond acceptors (Lipinski definition) is 3. The van der Waals surface area contributed by atoms with Crippen molar-refractivity contribution in [3.05, 3.63) is 0 Å². The Morgan fingerprint density at radius 1 is 1.50 bits per heavy atom. The smallest absolute Gasteiger partial charge is 0.323 e. The topological polar surface area (TPSA) is 89.9 Å². The molecule has 1 aliphatic rings. The summed E-state index contributed by atoms with van der Waals surface area (Å²) in [5.41, 5.74) is 0. The minimum atomic E-state index is -1.08. The van der Waals surface area contributed by atoms with Gasteiger partial charge in [0.05, 0.1) is 6.10 Å². The maximum atomic E-state index is 11.3. The molecule has 1 saturated heterocycles. The van der Waals surface area contributed by atoms with E-state index in [2.05, 4.69) is 5.32 Å². The number of nitrogens with zero attached hydrogens (tertiary/aromatic N) is 1. The predicted molar refractivity (Wildman–Crippen MR) is 47.8 cm³/mol. The molecule has 0 aromatic heterocycles. The first-order chi connectivity index (χ1) is 6.50. The van der Waals surface area contributed by atoms with Crippen LogP contribution in [0.4, 0.5) is 4.79 Å². The van der Waals surface area contributed by atoms with Gasteiger partial charge in [0.1, 0.15) is 6.54 Å². The second kappa shape index (κ2) is 4.28. The van der Waals surface area contributed by atoms with Gasteiger partial charge in [0.25, 0.3) is 0 Å². The molecule has 0 spiro atoms. The van der Waals surface area contributed by atoms with Crippen LogP contribution in [0.5, 0.6) is 0 Å². The second-order valence-corrected chi connectivity index (χ2v) is 3.50. The maximum Gasteiger partial charge on any atom is 0.323 e. The average molecular weight is 202 g/mol. The van der Waals surface area contributed by atoms with Crippen molar-refractivity contribution in [2.24, 2.45) is 5.92 Å². The number of carbonyl (C=O) groups excluding carboxylic acids is 1. The Kier molecular flexibility index (Phi) is 3.29. The van der Waals surface area contributed by atoms with Gasteiger partial charge in [-0.1, -0.05) is 6.92 Å². The standard InChI is InChI=1S/C8H14N2O4/c1-5-3-10(4-6(5)11)8(14)9-2-7(12)13/h5-6,11H,2-4H2,1H3,(H,9,14)(H,12,13). The fourth-order valence-corrected chi connectivity index (χ4v) is 1.38. The molecule has 0 aliphatic carbocycles. The van der Waals surface area contributed by atoms with E-state index < -0.39 is 18.1 Å². The number of hydrogen-bond donors (Lipinski definition) is 3. The molecule has 14 heavy (non-hydrogen) atoms. The zero-order chi connectivity index (χ0) is 10.7. The minimum absolute atomic E-state index is 0.0468. The number of aliphatic hydroxyl groups is 1. The molecule has 0 bridgehead atoms. The number of urea groups is 1. The number of carboxylic acids is 1. The van der Waals surface area contributed by atoms with Crippen LogP contribution in [-0.4, -0.2) is 52.9 Å². The number of carbonyl (C=O) groups is 2. The molecule has 2 atom stereocenters. The molecular formula is C8H14N2O4. The summed E-state index contributed by atoms with van der Waals surface area (Å²) in [6.45, 7) is 2.19. The number of aliphatic carboxylic acids is 1. The van der Waals surface area contributed by atoms with Gasteiger partial charge >= 0.3 is 12.0 Å². The summed E-state index contributed by atoms with van der Waals surface area (Å²) in [7, 11) is 0. The fraction of sp³-hybridized carbons (Fsp3) is 0.750. The Morgan fingerprint density at radius 2 is 2.14 bits per heavy atom. The van der Waals surface area contributed by atoms with Crippen molar-refractivity contribution in [1.29, 1.82) is 0 Å². The molecule has 0 radical (unpaired) electrons. The SMILES string of the molecule is CC1CN(C(=O)NCC(=O)O)CC1O. The largest absolute Gasteiger partial charge is 0.480 e. The van der Waals surface area contributed by atoms with Gasteiger partial charge in [-0.05, 0) is 0 Å². The second-order valence-electron chi connectivity index (χ2n) is 3.50. The normalized spacial score (nSPS) is 26.3. The van der Waals surface area contributed by atoms with Gasteiger partial charge in [-0.25, -0.2) is 4.79 Å². The quantitative estimate of drug-likeness (QED) is 0.541. The molecule has 0 saturated carbocycles. The lowest BCUT2D eigenvalue weighted by Gasteiger charge is -2.15. The van der Waals surface area contributed by atoms with E-state index in [1.54, 1.807) is 0 Å². The van der Waals surface area contributed by atoms with E-state index in [1.807, 2.05) is 6.92 Å². The summed E-state index contributed by atoms with van der Waals surface area (Å²) in [6.07, 6.45) is -0.509. The summed E-state index contributed by atoms with van der Waals surface area (Å²) < 4.78 is 0. The van der Waals surface area contributed by atoms with Gasteiger partial charge in [0.15, 0.2) is 0 Å². The Labute approximate surface area is 81.5 Å². The highest BCUT2D eigenvalue weighted by Crippen LogP contribution is 2.15. The van der Waals surface area contributed by atoms with Crippen LogP contribution in [0.25, 0.3) is 0 Å². The highest BCUT2D eigenvalue weighted by molar-refractivity contribution is 5.80. The summed E-state index contributed by atoms with van der Waals surface area (Å²) in [5.74, 6) is -1.03. The van der Waals surface area contributed by atoms with Crippen molar-refractivity contribution in [1.82, 2.24) is 10.2 Å². The number of β-amino-alcohol motifs (C(OH)–C–C–N with tert-alkyl or cyclic N) is 1. The molecule has 2 amide bonds.